The lowest BCUT2D eigenvalue weighted by Crippen LogP contribution is -2.19. The number of carbonyl (C=O) groups excluding carboxylic acids is 1. The predicted molar refractivity (Wildman–Crippen MR) is 118 cm³/mol. The Morgan fingerprint density at radius 3 is 2.81 bits per heavy atom. The third kappa shape index (κ3) is 3.68. The monoisotopic (exact) mass is 419 g/mol. The molecule has 162 valence electrons. The average molecular weight is 420 g/mol. The van der Waals surface area contributed by atoms with E-state index in [-0.39, 0.29) is 5.91 Å². The minimum Gasteiger partial charge on any atom is -0.457 e. The molecule has 2 bridgehead atoms. The second-order valence-electron chi connectivity index (χ2n) is 9.53. The fourth-order valence-corrected chi connectivity index (χ4v) is 5.84. The van der Waals surface area contributed by atoms with Gasteiger partial charge in [-0.25, -0.2) is 4.98 Å². The molecule has 1 N–H and O–H groups in total. The summed E-state index contributed by atoms with van der Waals surface area (Å²) in [5.41, 5.74) is 2.38. The first-order valence-electron chi connectivity index (χ1n) is 11.2. The van der Waals surface area contributed by atoms with Gasteiger partial charge in [-0.3, -0.25) is 9.78 Å². The third-order valence-electron chi connectivity index (χ3n) is 7.55. The van der Waals surface area contributed by atoms with Crippen molar-refractivity contribution in [3.63, 3.8) is 0 Å². The van der Waals surface area contributed by atoms with Gasteiger partial charge in [0, 0.05) is 31.8 Å². The van der Waals surface area contributed by atoms with Gasteiger partial charge in [-0.1, -0.05) is 13.8 Å². The van der Waals surface area contributed by atoms with Gasteiger partial charge in [-0.2, -0.15) is 0 Å². The van der Waals surface area contributed by atoms with Gasteiger partial charge in [-0.15, -0.1) is 0 Å². The first-order chi connectivity index (χ1) is 14.9. The Labute approximate surface area is 182 Å². The van der Waals surface area contributed by atoms with Gasteiger partial charge in [-0.05, 0) is 67.1 Å². The fourth-order valence-electron chi connectivity index (χ4n) is 5.84. The van der Waals surface area contributed by atoms with Crippen LogP contribution in [0.2, 0.25) is 0 Å². The number of oxazole rings is 1. The number of fused-ring (bicyclic) bond motifs is 3. The van der Waals surface area contributed by atoms with Crippen molar-refractivity contribution in [2.75, 3.05) is 7.05 Å². The minimum atomic E-state index is -0.250. The highest BCUT2D eigenvalue weighted by Gasteiger charge is 2.52. The number of benzene rings is 1. The number of ether oxygens (including phenoxy) is 1. The molecule has 2 fully saturated rings. The number of carbonyl (C=O) groups is 1. The Morgan fingerprint density at radius 1 is 1.23 bits per heavy atom. The fraction of sp³-hybridized carbons (Fsp3) is 0.480. The largest absolute Gasteiger partial charge is 0.457 e. The van der Waals surface area contributed by atoms with Crippen LogP contribution in [-0.2, 0) is 6.42 Å². The van der Waals surface area contributed by atoms with Gasteiger partial charge in [0.05, 0.1) is 0 Å². The molecule has 2 aromatic heterocycles. The Bertz CT molecular complexity index is 1120. The lowest BCUT2D eigenvalue weighted by atomic mass is 9.79. The zero-order valence-electron chi connectivity index (χ0n) is 18.4. The molecule has 3 atom stereocenters. The Kier molecular flexibility index (Phi) is 4.95. The van der Waals surface area contributed by atoms with Crippen LogP contribution < -0.4 is 10.1 Å². The molecule has 1 aromatic carbocycles. The van der Waals surface area contributed by atoms with Crippen molar-refractivity contribution in [3.05, 3.63) is 48.1 Å². The molecule has 0 saturated heterocycles. The molecule has 0 radical (unpaired) electrons. The van der Waals surface area contributed by atoms with Crippen molar-refractivity contribution in [2.45, 2.75) is 46.0 Å². The maximum atomic E-state index is 11.8. The van der Waals surface area contributed by atoms with Crippen LogP contribution in [0.15, 0.2) is 40.9 Å². The third-order valence-corrected chi connectivity index (χ3v) is 7.55. The summed E-state index contributed by atoms with van der Waals surface area (Å²) in [7, 11) is 1.57. The standard InChI is InChI=1S/C25H29N3O3/c1-25(2)16-5-7-19(25)15(12-16)4-9-23-28-20-8-6-17(14-22(20)31-23)30-18-10-11-27-21(13-18)24(29)26-3/h6,8,10-11,13-16,19H,4-5,7,9,12H2,1-3H3,(H,26,29)/t15-,16-,19+/m1/s1. The summed E-state index contributed by atoms with van der Waals surface area (Å²) in [4.78, 5) is 20.5. The summed E-state index contributed by atoms with van der Waals surface area (Å²) in [6, 6.07) is 8.98. The number of nitrogens with zero attached hydrogens (tertiary/aromatic N) is 2. The Morgan fingerprint density at radius 2 is 2.06 bits per heavy atom. The van der Waals surface area contributed by atoms with Crippen molar-refractivity contribution < 1.29 is 13.9 Å². The molecule has 2 aliphatic rings. The van der Waals surface area contributed by atoms with Crippen molar-refractivity contribution >= 4 is 17.0 Å². The molecule has 2 heterocycles. The van der Waals surface area contributed by atoms with Crippen LogP contribution in [0.4, 0.5) is 0 Å². The Balaban J connectivity index is 1.27. The zero-order chi connectivity index (χ0) is 21.6. The highest BCUT2D eigenvalue weighted by molar-refractivity contribution is 5.92. The number of nitrogens with one attached hydrogen (secondary N) is 1. The number of pyridine rings is 1. The summed E-state index contributed by atoms with van der Waals surface area (Å²) in [6.45, 7) is 4.91. The topological polar surface area (TPSA) is 77.2 Å². The van der Waals surface area contributed by atoms with Gasteiger partial charge in [0.2, 0.25) is 0 Å². The number of hydrogen-bond acceptors (Lipinski definition) is 5. The predicted octanol–water partition coefficient (Wildman–Crippen LogP) is 5.38. The number of aromatic nitrogens is 2. The number of hydrogen-bond donors (Lipinski definition) is 1. The molecule has 31 heavy (non-hydrogen) atoms. The van der Waals surface area contributed by atoms with E-state index in [0.29, 0.717) is 22.6 Å². The van der Waals surface area contributed by atoms with E-state index in [1.807, 2.05) is 18.2 Å². The van der Waals surface area contributed by atoms with E-state index in [1.54, 1.807) is 25.4 Å². The summed E-state index contributed by atoms with van der Waals surface area (Å²) < 4.78 is 12.0. The van der Waals surface area contributed by atoms with Crippen molar-refractivity contribution in [2.24, 2.45) is 23.2 Å². The van der Waals surface area contributed by atoms with E-state index in [9.17, 15) is 4.79 Å². The molecule has 6 nitrogen and oxygen atoms in total. The summed E-state index contributed by atoms with van der Waals surface area (Å²) in [5.74, 6) is 4.28. The van der Waals surface area contributed by atoms with Crippen LogP contribution in [0.5, 0.6) is 11.5 Å². The first kappa shape index (κ1) is 20.0. The first-order valence-corrected chi connectivity index (χ1v) is 11.2. The van der Waals surface area contributed by atoms with Crippen LogP contribution in [0, 0.1) is 23.2 Å². The number of rotatable bonds is 6. The summed E-state index contributed by atoms with van der Waals surface area (Å²) in [5, 5.41) is 2.56. The SMILES string of the molecule is CNC(=O)c1cc(Oc2ccc3nc(CC[C@@H]4C[C@H]5CC[C@@H]4C5(C)C)oc3c2)ccn1. The molecule has 2 aliphatic carbocycles. The van der Waals surface area contributed by atoms with E-state index in [0.717, 1.165) is 47.6 Å². The van der Waals surface area contributed by atoms with Gasteiger partial charge in [0.15, 0.2) is 11.5 Å². The quantitative estimate of drug-likeness (QED) is 0.580. The van der Waals surface area contributed by atoms with Crippen LogP contribution in [0.3, 0.4) is 0 Å². The van der Waals surface area contributed by atoms with Crippen LogP contribution in [0.1, 0.15) is 55.9 Å². The normalized spacial score (nSPS) is 23.9. The summed E-state index contributed by atoms with van der Waals surface area (Å²) >= 11 is 0. The molecule has 0 unspecified atom stereocenters. The molecular formula is C25H29N3O3. The van der Waals surface area contributed by atoms with Crippen LogP contribution in [-0.4, -0.2) is 22.9 Å². The van der Waals surface area contributed by atoms with E-state index < -0.39 is 0 Å². The molecule has 0 aliphatic heterocycles. The average Bonchev–Trinajstić information content (AvgIpc) is 3.39. The van der Waals surface area contributed by atoms with Gasteiger partial charge in [0.1, 0.15) is 22.7 Å². The highest BCUT2D eigenvalue weighted by Crippen LogP contribution is 2.61. The van der Waals surface area contributed by atoms with Crippen molar-refractivity contribution in [1.29, 1.82) is 0 Å². The maximum absolute atomic E-state index is 11.8. The second kappa shape index (κ2) is 7.66. The Hall–Kier alpha value is -2.89. The van der Waals surface area contributed by atoms with Crippen molar-refractivity contribution in [1.82, 2.24) is 15.3 Å². The molecule has 6 heteroatoms. The highest BCUT2D eigenvalue weighted by atomic mass is 16.5. The molecule has 2 saturated carbocycles. The smallest absolute Gasteiger partial charge is 0.269 e. The van der Waals surface area contributed by atoms with Crippen molar-refractivity contribution in [3.8, 4) is 11.5 Å². The zero-order valence-corrected chi connectivity index (χ0v) is 18.4. The minimum absolute atomic E-state index is 0.250. The second-order valence-corrected chi connectivity index (χ2v) is 9.53. The van der Waals surface area contributed by atoms with E-state index in [1.165, 1.54) is 19.3 Å². The van der Waals surface area contributed by atoms with Gasteiger partial charge >= 0.3 is 0 Å². The maximum Gasteiger partial charge on any atom is 0.269 e. The molecule has 1 amide bonds. The van der Waals surface area contributed by atoms with E-state index in [4.69, 9.17) is 9.15 Å². The van der Waals surface area contributed by atoms with Crippen LogP contribution in [0.25, 0.3) is 11.1 Å². The molecule has 5 rings (SSSR count). The summed E-state index contributed by atoms with van der Waals surface area (Å²) in [6.07, 6.45) is 7.74. The lowest BCUT2D eigenvalue weighted by molar-refractivity contribution is 0.0958. The van der Waals surface area contributed by atoms with E-state index in [2.05, 4.69) is 29.1 Å². The molecular weight excluding hydrogens is 390 g/mol. The lowest BCUT2D eigenvalue weighted by Gasteiger charge is -2.26. The van der Waals surface area contributed by atoms with E-state index >= 15 is 0 Å². The van der Waals surface area contributed by atoms with Crippen LogP contribution >= 0.6 is 0 Å². The molecule has 3 aromatic rings. The molecule has 0 spiro atoms. The number of amides is 1. The number of aryl methyl sites for hydroxylation is 1. The van der Waals surface area contributed by atoms with Gasteiger partial charge < -0.3 is 14.5 Å². The van der Waals surface area contributed by atoms with Gasteiger partial charge in [0.25, 0.3) is 5.91 Å².